The molecule has 1 aromatic rings. The molecule has 3 rings (SSSR count). The SMILES string of the molecule is O=C(c1ccc(Cl)cc1Cl)N1CCC(C(=O)N2CCCCC2)CC1. The van der Waals surface area contributed by atoms with E-state index in [4.69, 9.17) is 23.2 Å². The number of piperidine rings is 2. The van der Waals surface area contributed by atoms with Gasteiger partial charge in [-0.2, -0.15) is 0 Å². The van der Waals surface area contributed by atoms with Gasteiger partial charge >= 0.3 is 0 Å². The van der Waals surface area contributed by atoms with Crippen molar-refractivity contribution in [3.05, 3.63) is 33.8 Å². The van der Waals surface area contributed by atoms with Gasteiger partial charge in [0.25, 0.3) is 5.91 Å². The van der Waals surface area contributed by atoms with E-state index in [1.165, 1.54) is 6.42 Å². The number of hydrogen-bond acceptors (Lipinski definition) is 2. The van der Waals surface area contributed by atoms with Crippen LogP contribution in [0.15, 0.2) is 18.2 Å². The first-order chi connectivity index (χ1) is 11.6. The number of carbonyl (C=O) groups is 2. The molecule has 130 valence electrons. The number of halogens is 2. The summed E-state index contributed by atoms with van der Waals surface area (Å²) in [5.41, 5.74) is 0.474. The van der Waals surface area contributed by atoms with Crippen molar-refractivity contribution in [2.45, 2.75) is 32.1 Å². The van der Waals surface area contributed by atoms with Gasteiger partial charge in [-0.1, -0.05) is 23.2 Å². The molecular weight excluding hydrogens is 347 g/mol. The minimum Gasteiger partial charge on any atom is -0.342 e. The molecule has 1 aromatic carbocycles. The monoisotopic (exact) mass is 368 g/mol. The lowest BCUT2D eigenvalue weighted by Gasteiger charge is -2.35. The number of likely N-dealkylation sites (tertiary alicyclic amines) is 2. The molecule has 0 aromatic heterocycles. The van der Waals surface area contributed by atoms with Gasteiger partial charge < -0.3 is 9.80 Å². The van der Waals surface area contributed by atoms with E-state index < -0.39 is 0 Å². The van der Waals surface area contributed by atoms with E-state index in [0.29, 0.717) is 28.7 Å². The highest BCUT2D eigenvalue weighted by atomic mass is 35.5. The first-order valence-corrected chi connectivity index (χ1v) is 9.35. The Labute approximate surface area is 152 Å². The Morgan fingerprint density at radius 1 is 0.917 bits per heavy atom. The quantitative estimate of drug-likeness (QED) is 0.794. The van der Waals surface area contributed by atoms with Crippen LogP contribution in [-0.4, -0.2) is 47.8 Å². The summed E-state index contributed by atoms with van der Waals surface area (Å²) >= 11 is 12.0. The standard InChI is InChI=1S/C18H22Cl2N2O2/c19-14-4-5-15(16(20)12-14)18(24)22-10-6-13(7-11-22)17(23)21-8-2-1-3-9-21/h4-5,12-13H,1-3,6-11H2. The molecule has 0 saturated carbocycles. The number of carbonyl (C=O) groups excluding carboxylic acids is 2. The molecular formula is C18H22Cl2N2O2. The molecule has 0 unspecified atom stereocenters. The number of nitrogens with zero attached hydrogens (tertiary/aromatic N) is 2. The van der Waals surface area contributed by atoms with Crippen LogP contribution < -0.4 is 0 Å². The lowest BCUT2D eigenvalue weighted by Crippen LogP contribution is -2.45. The maximum atomic E-state index is 12.6. The minimum atomic E-state index is -0.0828. The fourth-order valence-electron chi connectivity index (χ4n) is 3.54. The highest BCUT2D eigenvalue weighted by molar-refractivity contribution is 6.36. The number of amides is 2. The summed E-state index contributed by atoms with van der Waals surface area (Å²) < 4.78 is 0. The van der Waals surface area contributed by atoms with E-state index in [1.54, 1.807) is 23.1 Å². The molecule has 6 heteroatoms. The van der Waals surface area contributed by atoms with Crippen LogP contribution in [0, 0.1) is 5.92 Å². The lowest BCUT2D eigenvalue weighted by molar-refractivity contribution is -0.137. The second-order valence-electron chi connectivity index (χ2n) is 6.58. The van der Waals surface area contributed by atoms with Crippen LogP contribution in [-0.2, 0) is 4.79 Å². The van der Waals surface area contributed by atoms with E-state index in [0.717, 1.165) is 38.8 Å². The van der Waals surface area contributed by atoms with Crippen LogP contribution in [0.2, 0.25) is 10.0 Å². The fraction of sp³-hybridized carbons (Fsp3) is 0.556. The van der Waals surface area contributed by atoms with Crippen molar-refractivity contribution in [1.29, 1.82) is 0 Å². The predicted molar refractivity (Wildman–Crippen MR) is 95.5 cm³/mol. The van der Waals surface area contributed by atoms with Gasteiger partial charge in [0.1, 0.15) is 0 Å². The van der Waals surface area contributed by atoms with Crippen molar-refractivity contribution in [1.82, 2.24) is 9.80 Å². The third-order valence-corrected chi connectivity index (χ3v) is 5.51. The van der Waals surface area contributed by atoms with Crippen LogP contribution in [0.1, 0.15) is 42.5 Å². The third-order valence-electron chi connectivity index (χ3n) is 4.96. The zero-order chi connectivity index (χ0) is 17.1. The first-order valence-electron chi connectivity index (χ1n) is 8.59. The fourth-order valence-corrected chi connectivity index (χ4v) is 4.02. The Balaban J connectivity index is 1.58. The van der Waals surface area contributed by atoms with Crippen molar-refractivity contribution in [2.24, 2.45) is 5.92 Å². The highest BCUT2D eigenvalue weighted by Gasteiger charge is 2.31. The van der Waals surface area contributed by atoms with Gasteiger partial charge in [0.15, 0.2) is 0 Å². The van der Waals surface area contributed by atoms with Crippen molar-refractivity contribution < 1.29 is 9.59 Å². The summed E-state index contributed by atoms with van der Waals surface area (Å²) in [5, 5.41) is 0.890. The molecule has 2 aliphatic rings. The Hall–Kier alpha value is -1.26. The van der Waals surface area contributed by atoms with Gasteiger partial charge in [0, 0.05) is 37.1 Å². The van der Waals surface area contributed by atoms with Crippen LogP contribution in [0.4, 0.5) is 0 Å². The molecule has 0 atom stereocenters. The molecule has 2 heterocycles. The topological polar surface area (TPSA) is 40.6 Å². The van der Waals surface area contributed by atoms with Crippen molar-refractivity contribution in [2.75, 3.05) is 26.2 Å². The molecule has 0 bridgehead atoms. The molecule has 2 aliphatic heterocycles. The average molecular weight is 369 g/mol. The maximum absolute atomic E-state index is 12.6. The maximum Gasteiger partial charge on any atom is 0.255 e. The summed E-state index contributed by atoms with van der Waals surface area (Å²) in [7, 11) is 0. The Bertz CT molecular complexity index is 621. The van der Waals surface area contributed by atoms with Crippen LogP contribution in [0.3, 0.4) is 0 Å². The van der Waals surface area contributed by atoms with E-state index in [1.807, 2.05) is 4.90 Å². The number of rotatable bonds is 2. The summed E-state index contributed by atoms with van der Waals surface area (Å²) in [6.45, 7) is 2.97. The molecule has 2 saturated heterocycles. The molecule has 0 N–H and O–H groups in total. The van der Waals surface area contributed by atoms with Gasteiger partial charge in [0.05, 0.1) is 10.6 Å². The number of benzene rings is 1. The van der Waals surface area contributed by atoms with E-state index in [-0.39, 0.29) is 17.7 Å². The largest absolute Gasteiger partial charge is 0.342 e. The molecule has 4 nitrogen and oxygen atoms in total. The van der Waals surface area contributed by atoms with Gasteiger partial charge in [-0.05, 0) is 50.3 Å². The third kappa shape index (κ3) is 3.86. The molecule has 2 amide bonds. The Morgan fingerprint density at radius 3 is 2.21 bits per heavy atom. The summed E-state index contributed by atoms with van der Waals surface area (Å²) in [4.78, 5) is 29.0. The van der Waals surface area contributed by atoms with Gasteiger partial charge in [0.2, 0.25) is 5.91 Å². The molecule has 0 radical (unpaired) electrons. The van der Waals surface area contributed by atoms with Gasteiger partial charge in [-0.3, -0.25) is 9.59 Å². The second kappa shape index (κ2) is 7.75. The van der Waals surface area contributed by atoms with Crippen molar-refractivity contribution in [3.63, 3.8) is 0 Å². The second-order valence-corrected chi connectivity index (χ2v) is 7.42. The normalized spacial score (nSPS) is 19.4. The number of hydrogen-bond donors (Lipinski definition) is 0. The Morgan fingerprint density at radius 2 is 1.58 bits per heavy atom. The smallest absolute Gasteiger partial charge is 0.255 e. The average Bonchev–Trinajstić information content (AvgIpc) is 2.61. The van der Waals surface area contributed by atoms with Crippen LogP contribution >= 0.6 is 23.2 Å². The predicted octanol–water partition coefficient (Wildman–Crippen LogP) is 3.86. The molecule has 2 fully saturated rings. The lowest BCUT2D eigenvalue weighted by atomic mass is 9.94. The highest BCUT2D eigenvalue weighted by Crippen LogP contribution is 2.26. The summed E-state index contributed by atoms with van der Waals surface area (Å²) in [6.07, 6.45) is 4.90. The molecule has 24 heavy (non-hydrogen) atoms. The van der Waals surface area contributed by atoms with Gasteiger partial charge in [-0.25, -0.2) is 0 Å². The molecule has 0 spiro atoms. The Kier molecular flexibility index (Phi) is 5.67. The van der Waals surface area contributed by atoms with Crippen LogP contribution in [0.25, 0.3) is 0 Å². The van der Waals surface area contributed by atoms with Crippen LogP contribution in [0.5, 0.6) is 0 Å². The van der Waals surface area contributed by atoms with Crippen molar-refractivity contribution in [3.8, 4) is 0 Å². The van der Waals surface area contributed by atoms with Crippen molar-refractivity contribution >= 4 is 35.0 Å². The summed E-state index contributed by atoms with van der Waals surface area (Å²) in [6, 6.07) is 4.92. The van der Waals surface area contributed by atoms with E-state index >= 15 is 0 Å². The zero-order valence-corrected chi connectivity index (χ0v) is 15.2. The minimum absolute atomic E-state index is 0.0489. The van der Waals surface area contributed by atoms with E-state index in [9.17, 15) is 9.59 Å². The van der Waals surface area contributed by atoms with Gasteiger partial charge in [-0.15, -0.1) is 0 Å². The summed E-state index contributed by atoms with van der Waals surface area (Å²) in [5.74, 6) is 0.236. The zero-order valence-electron chi connectivity index (χ0n) is 13.6. The molecule has 0 aliphatic carbocycles. The van der Waals surface area contributed by atoms with E-state index in [2.05, 4.69) is 0 Å². The first kappa shape index (κ1) is 17.6.